The molecule has 0 unspecified atom stereocenters. The van der Waals surface area contributed by atoms with Gasteiger partial charge in [0.15, 0.2) is 18.3 Å². The van der Waals surface area contributed by atoms with Crippen LogP contribution in [0.3, 0.4) is 0 Å². The Hall–Kier alpha value is -3.25. The highest BCUT2D eigenvalue weighted by Crippen LogP contribution is 2.38. The fraction of sp³-hybridized carbons (Fsp3) is 0.320. The van der Waals surface area contributed by atoms with Crippen molar-refractivity contribution in [1.29, 1.82) is 0 Å². The maximum atomic E-state index is 13.3. The quantitative estimate of drug-likeness (QED) is 0.606. The summed E-state index contributed by atoms with van der Waals surface area (Å²) < 4.78 is 16.6. The summed E-state index contributed by atoms with van der Waals surface area (Å²) in [5, 5.41) is 2.05. The molecule has 1 fully saturated rings. The van der Waals surface area contributed by atoms with Gasteiger partial charge < -0.3 is 24.1 Å². The second-order valence-electron chi connectivity index (χ2n) is 7.70. The Labute approximate surface area is 182 Å². The maximum Gasteiger partial charge on any atom is 0.278 e. The van der Waals surface area contributed by atoms with Gasteiger partial charge in [-0.25, -0.2) is 0 Å². The number of likely N-dealkylation sites (tertiary alicyclic amines) is 1. The Bertz CT molecular complexity index is 988. The van der Waals surface area contributed by atoms with E-state index in [9.17, 15) is 4.79 Å². The Kier molecular flexibility index (Phi) is 6.57. The number of amides is 1. The zero-order valence-corrected chi connectivity index (χ0v) is 18.0. The number of nitrogens with zero attached hydrogens (tertiary/aromatic N) is 1. The summed E-state index contributed by atoms with van der Waals surface area (Å²) >= 11 is 0. The van der Waals surface area contributed by atoms with Gasteiger partial charge in [-0.2, -0.15) is 0 Å². The minimum Gasteiger partial charge on any atom is -0.497 e. The van der Waals surface area contributed by atoms with Crippen molar-refractivity contribution in [1.82, 2.24) is 4.90 Å². The summed E-state index contributed by atoms with van der Waals surface area (Å²) in [6.45, 7) is 1.08. The molecular formula is C25H29N2O4+. The molecule has 0 aliphatic carbocycles. The molecule has 2 heterocycles. The molecule has 0 bridgehead atoms. The van der Waals surface area contributed by atoms with Crippen LogP contribution in [0.25, 0.3) is 0 Å². The fourth-order valence-electron chi connectivity index (χ4n) is 4.37. The Morgan fingerprint density at radius 2 is 1.97 bits per heavy atom. The first kappa shape index (κ1) is 21.0. The highest BCUT2D eigenvalue weighted by Gasteiger charge is 2.33. The molecule has 2 N–H and O–H groups in total. The van der Waals surface area contributed by atoms with Crippen molar-refractivity contribution in [2.75, 3.05) is 27.3 Å². The zero-order valence-electron chi connectivity index (χ0n) is 18.0. The average molecular weight is 422 g/mol. The first-order chi connectivity index (χ1) is 15.2. The molecule has 162 valence electrons. The molecular weight excluding hydrogens is 392 g/mol. The molecule has 1 amide bonds. The Morgan fingerprint density at radius 3 is 2.68 bits per heavy atom. The summed E-state index contributed by atoms with van der Waals surface area (Å²) in [7, 11) is 3.31. The number of rotatable bonds is 8. The SMILES string of the molecule is COc1ccc(OC)c([C@H]2CCCN2C(=O)C[NH2+][C@@H](c2ccccc2)c2ccco2)c1. The number of nitrogens with two attached hydrogens (primary N) is 1. The van der Waals surface area contributed by atoms with Crippen molar-refractivity contribution in [2.24, 2.45) is 0 Å². The average Bonchev–Trinajstić information content (AvgIpc) is 3.52. The van der Waals surface area contributed by atoms with Crippen molar-refractivity contribution >= 4 is 5.91 Å². The van der Waals surface area contributed by atoms with Crippen LogP contribution in [0.15, 0.2) is 71.3 Å². The summed E-state index contributed by atoms with van der Waals surface area (Å²) in [4.78, 5) is 15.3. The number of carbonyl (C=O) groups excluding carboxylic acids is 1. The lowest BCUT2D eigenvalue weighted by Gasteiger charge is -2.26. The molecule has 1 aliphatic heterocycles. The molecule has 0 radical (unpaired) electrons. The van der Waals surface area contributed by atoms with Gasteiger partial charge in [0.1, 0.15) is 11.5 Å². The fourth-order valence-corrected chi connectivity index (χ4v) is 4.37. The number of methoxy groups -OCH3 is 2. The van der Waals surface area contributed by atoms with Crippen LogP contribution in [0.2, 0.25) is 0 Å². The summed E-state index contributed by atoms with van der Waals surface area (Å²) in [5.74, 6) is 2.50. The molecule has 31 heavy (non-hydrogen) atoms. The Balaban J connectivity index is 1.51. The zero-order chi connectivity index (χ0) is 21.6. The van der Waals surface area contributed by atoms with Gasteiger partial charge in [0.2, 0.25) is 0 Å². The first-order valence-electron chi connectivity index (χ1n) is 10.6. The third-order valence-corrected chi connectivity index (χ3v) is 5.91. The summed E-state index contributed by atoms with van der Waals surface area (Å²) in [6, 6.07) is 19.7. The van der Waals surface area contributed by atoms with Gasteiger partial charge in [-0.15, -0.1) is 0 Å². The van der Waals surface area contributed by atoms with E-state index in [1.54, 1.807) is 20.5 Å². The molecule has 0 saturated carbocycles. The lowest BCUT2D eigenvalue weighted by Crippen LogP contribution is -2.87. The van der Waals surface area contributed by atoms with Gasteiger partial charge in [-0.1, -0.05) is 30.3 Å². The number of hydrogen-bond acceptors (Lipinski definition) is 4. The van der Waals surface area contributed by atoms with Crippen LogP contribution >= 0.6 is 0 Å². The molecule has 2 aromatic carbocycles. The molecule has 1 saturated heterocycles. The Morgan fingerprint density at radius 1 is 1.13 bits per heavy atom. The van der Waals surface area contributed by atoms with Crippen LogP contribution in [-0.2, 0) is 4.79 Å². The van der Waals surface area contributed by atoms with Crippen LogP contribution < -0.4 is 14.8 Å². The number of carbonyl (C=O) groups is 1. The van der Waals surface area contributed by atoms with Gasteiger partial charge in [0, 0.05) is 17.7 Å². The number of hydrogen-bond donors (Lipinski definition) is 1. The first-order valence-corrected chi connectivity index (χ1v) is 10.6. The van der Waals surface area contributed by atoms with Crippen molar-refractivity contribution in [3.63, 3.8) is 0 Å². The van der Waals surface area contributed by atoms with E-state index in [0.29, 0.717) is 6.54 Å². The van der Waals surface area contributed by atoms with E-state index in [2.05, 4.69) is 17.4 Å². The predicted molar refractivity (Wildman–Crippen MR) is 117 cm³/mol. The highest BCUT2D eigenvalue weighted by atomic mass is 16.5. The minimum atomic E-state index is -0.0624. The molecule has 2 atom stereocenters. The van der Waals surface area contributed by atoms with Crippen LogP contribution in [0.5, 0.6) is 11.5 Å². The normalized spacial score (nSPS) is 16.8. The monoisotopic (exact) mass is 421 g/mol. The maximum absolute atomic E-state index is 13.3. The lowest BCUT2D eigenvalue weighted by atomic mass is 10.0. The van der Waals surface area contributed by atoms with E-state index in [1.165, 1.54) is 0 Å². The molecule has 6 heteroatoms. The van der Waals surface area contributed by atoms with Crippen LogP contribution in [-0.4, -0.2) is 38.1 Å². The third-order valence-electron chi connectivity index (χ3n) is 5.91. The number of furan rings is 1. The number of benzene rings is 2. The van der Waals surface area contributed by atoms with Crippen LogP contribution in [0, 0.1) is 0 Å². The predicted octanol–water partition coefficient (Wildman–Crippen LogP) is 3.31. The molecule has 1 aromatic heterocycles. The van der Waals surface area contributed by atoms with Gasteiger partial charge in [-0.3, -0.25) is 4.79 Å². The van der Waals surface area contributed by atoms with E-state index in [-0.39, 0.29) is 18.0 Å². The van der Waals surface area contributed by atoms with Crippen LogP contribution in [0.4, 0.5) is 0 Å². The molecule has 0 spiro atoms. The smallest absolute Gasteiger partial charge is 0.278 e. The van der Waals surface area contributed by atoms with Gasteiger partial charge in [0.25, 0.3) is 5.91 Å². The van der Waals surface area contributed by atoms with E-state index >= 15 is 0 Å². The summed E-state index contributed by atoms with van der Waals surface area (Å²) in [6.07, 6.45) is 3.55. The van der Waals surface area contributed by atoms with E-state index in [0.717, 1.165) is 47.8 Å². The van der Waals surface area contributed by atoms with Crippen LogP contribution in [0.1, 0.15) is 41.8 Å². The molecule has 6 nitrogen and oxygen atoms in total. The standard InChI is InChI=1S/C25H28N2O4/c1-29-19-12-13-22(30-2)20(16-19)21-10-6-14-27(21)24(28)17-26-25(23-11-7-15-31-23)18-8-4-3-5-9-18/h3-5,7-9,11-13,15-16,21,25-26H,6,10,14,17H2,1-2H3/p+1/t21-,25+/m1/s1. The van der Waals surface area contributed by atoms with Crippen molar-refractivity contribution in [2.45, 2.75) is 24.9 Å². The molecule has 3 aromatic rings. The van der Waals surface area contributed by atoms with Crippen molar-refractivity contribution in [3.05, 3.63) is 83.8 Å². The van der Waals surface area contributed by atoms with Crippen molar-refractivity contribution in [3.8, 4) is 11.5 Å². The molecule has 1 aliphatic rings. The lowest BCUT2D eigenvalue weighted by molar-refractivity contribution is -0.679. The number of quaternary nitrogens is 1. The topological polar surface area (TPSA) is 68.5 Å². The highest BCUT2D eigenvalue weighted by molar-refractivity contribution is 5.78. The number of ether oxygens (including phenoxy) is 2. The van der Waals surface area contributed by atoms with Gasteiger partial charge in [0.05, 0.1) is 26.5 Å². The van der Waals surface area contributed by atoms with E-state index in [1.807, 2.05) is 53.4 Å². The van der Waals surface area contributed by atoms with E-state index in [4.69, 9.17) is 13.9 Å². The molecule has 4 rings (SSSR count). The largest absolute Gasteiger partial charge is 0.497 e. The van der Waals surface area contributed by atoms with Gasteiger partial charge >= 0.3 is 0 Å². The second-order valence-corrected chi connectivity index (χ2v) is 7.70. The van der Waals surface area contributed by atoms with E-state index < -0.39 is 0 Å². The van der Waals surface area contributed by atoms with Gasteiger partial charge in [-0.05, 0) is 43.2 Å². The third kappa shape index (κ3) is 4.59. The van der Waals surface area contributed by atoms with Crippen molar-refractivity contribution < 1.29 is 24.0 Å². The minimum absolute atomic E-state index is 0.00950. The summed E-state index contributed by atoms with van der Waals surface area (Å²) in [5.41, 5.74) is 2.11. The second kappa shape index (κ2) is 9.71.